The lowest BCUT2D eigenvalue weighted by atomic mass is 10.2. The number of nitrogens with two attached hydrogens (primary N) is 1. The number of carbonyl (C=O) groups is 2. The second-order valence-corrected chi connectivity index (χ2v) is 5.00. The van der Waals surface area contributed by atoms with Gasteiger partial charge in [-0.05, 0) is 19.4 Å². The van der Waals surface area contributed by atoms with Gasteiger partial charge in [0.15, 0.2) is 6.10 Å². The zero-order valence-electron chi connectivity index (χ0n) is 10.5. The lowest BCUT2D eigenvalue weighted by molar-refractivity contribution is -0.151. The van der Waals surface area contributed by atoms with Crippen molar-refractivity contribution >= 4 is 23.6 Å². The maximum atomic E-state index is 11.4. The molecule has 2 N–H and O–H groups in total. The molecular weight excluding hydrogens is 250 g/mol. The van der Waals surface area contributed by atoms with E-state index in [0.29, 0.717) is 0 Å². The number of hydrogen-bond donors (Lipinski definition) is 1. The van der Waals surface area contributed by atoms with Crippen molar-refractivity contribution in [3.63, 3.8) is 0 Å². The molecule has 0 bridgehead atoms. The molecule has 5 heteroatoms. The molecule has 1 aromatic carbocycles. The number of hydrogen-bond acceptors (Lipinski definition) is 4. The first-order chi connectivity index (χ1) is 8.49. The fraction of sp³-hybridized carbons (Fsp3) is 0.385. The Morgan fingerprint density at radius 1 is 1.33 bits per heavy atom. The normalized spacial score (nSPS) is 11.9. The Morgan fingerprint density at radius 2 is 1.94 bits per heavy atom. The molecule has 1 rings (SSSR count). The number of esters is 1. The molecule has 18 heavy (non-hydrogen) atoms. The van der Waals surface area contributed by atoms with Gasteiger partial charge in [0, 0.05) is 5.75 Å². The van der Waals surface area contributed by atoms with Crippen LogP contribution < -0.4 is 5.73 Å². The van der Waals surface area contributed by atoms with Crippen LogP contribution in [-0.2, 0) is 20.1 Å². The minimum absolute atomic E-state index is 0.214. The largest absolute Gasteiger partial charge is 0.452 e. The van der Waals surface area contributed by atoms with Crippen LogP contribution in [0, 0.1) is 6.92 Å². The summed E-state index contributed by atoms with van der Waals surface area (Å²) in [6.07, 6.45) is -0.863. The third kappa shape index (κ3) is 5.23. The van der Waals surface area contributed by atoms with E-state index in [0.717, 1.165) is 11.3 Å². The maximum absolute atomic E-state index is 11.4. The van der Waals surface area contributed by atoms with Crippen LogP contribution >= 0.6 is 11.8 Å². The van der Waals surface area contributed by atoms with E-state index in [1.54, 1.807) is 0 Å². The van der Waals surface area contributed by atoms with Crippen molar-refractivity contribution < 1.29 is 14.3 Å². The number of primary amides is 1. The van der Waals surface area contributed by atoms with Crippen LogP contribution in [0.15, 0.2) is 24.3 Å². The fourth-order valence-electron chi connectivity index (χ4n) is 1.23. The first-order valence-electron chi connectivity index (χ1n) is 5.61. The van der Waals surface area contributed by atoms with Crippen molar-refractivity contribution in [2.45, 2.75) is 25.7 Å². The van der Waals surface area contributed by atoms with Crippen molar-refractivity contribution in [2.75, 3.05) is 5.75 Å². The van der Waals surface area contributed by atoms with Gasteiger partial charge in [0.05, 0.1) is 5.75 Å². The topological polar surface area (TPSA) is 69.4 Å². The first kappa shape index (κ1) is 14.6. The second-order valence-electron chi connectivity index (χ2n) is 4.01. The van der Waals surface area contributed by atoms with Gasteiger partial charge in [-0.15, -0.1) is 11.8 Å². The molecule has 0 radical (unpaired) electrons. The number of thioether (sulfide) groups is 1. The Labute approximate surface area is 111 Å². The van der Waals surface area contributed by atoms with E-state index in [-0.39, 0.29) is 5.75 Å². The molecule has 0 aliphatic rings. The highest BCUT2D eigenvalue weighted by Crippen LogP contribution is 2.13. The molecule has 1 aromatic rings. The predicted octanol–water partition coefficient (Wildman–Crippen LogP) is 1.65. The minimum atomic E-state index is -0.863. The molecule has 0 heterocycles. The SMILES string of the molecule is Cc1ccc(CSCC(=O)O[C@H](C)C(N)=O)cc1. The van der Waals surface area contributed by atoms with E-state index >= 15 is 0 Å². The average Bonchev–Trinajstić information content (AvgIpc) is 2.31. The van der Waals surface area contributed by atoms with Gasteiger partial charge in [-0.25, -0.2) is 0 Å². The highest BCUT2D eigenvalue weighted by molar-refractivity contribution is 7.99. The average molecular weight is 267 g/mol. The number of amides is 1. The highest BCUT2D eigenvalue weighted by Gasteiger charge is 2.14. The van der Waals surface area contributed by atoms with E-state index in [4.69, 9.17) is 10.5 Å². The molecule has 98 valence electrons. The number of aryl methyl sites for hydroxylation is 1. The second kappa shape index (κ2) is 7.06. The summed E-state index contributed by atoms with van der Waals surface area (Å²) in [4.78, 5) is 22.1. The monoisotopic (exact) mass is 267 g/mol. The van der Waals surface area contributed by atoms with Crippen molar-refractivity contribution in [1.29, 1.82) is 0 Å². The zero-order chi connectivity index (χ0) is 13.5. The molecule has 0 saturated carbocycles. The molecule has 0 spiro atoms. The number of ether oxygens (including phenoxy) is 1. The molecular formula is C13H17NO3S. The minimum Gasteiger partial charge on any atom is -0.452 e. The van der Waals surface area contributed by atoms with Crippen molar-refractivity contribution in [3.8, 4) is 0 Å². The van der Waals surface area contributed by atoms with Crippen LogP contribution in [0.3, 0.4) is 0 Å². The Balaban J connectivity index is 2.27. The first-order valence-corrected chi connectivity index (χ1v) is 6.76. The molecule has 0 fully saturated rings. The Hall–Kier alpha value is -1.49. The summed E-state index contributed by atoms with van der Waals surface area (Å²) in [5.41, 5.74) is 7.36. The molecule has 0 unspecified atom stereocenters. The van der Waals surface area contributed by atoms with Crippen molar-refractivity contribution in [3.05, 3.63) is 35.4 Å². The van der Waals surface area contributed by atoms with Gasteiger partial charge < -0.3 is 10.5 Å². The van der Waals surface area contributed by atoms with Crippen molar-refractivity contribution in [2.24, 2.45) is 5.73 Å². The van der Waals surface area contributed by atoms with Gasteiger partial charge in [-0.3, -0.25) is 9.59 Å². The smallest absolute Gasteiger partial charge is 0.316 e. The van der Waals surface area contributed by atoms with E-state index in [2.05, 4.69) is 0 Å². The predicted molar refractivity (Wildman–Crippen MR) is 72.1 cm³/mol. The summed E-state index contributed by atoms with van der Waals surface area (Å²) in [5.74, 6) is -0.100. The van der Waals surface area contributed by atoms with Crippen LogP contribution in [0.25, 0.3) is 0 Å². The number of carbonyl (C=O) groups excluding carboxylic acids is 2. The van der Waals surface area contributed by atoms with E-state index in [1.807, 2.05) is 31.2 Å². The zero-order valence-corrected chi connectivity index (χ0v) is 11.3. The molecule has 4 nitrogen and oxygen atoms in total. The summed E-state index contributed by atoms with van der Waals surface area (Å²) in [5, 5.41) is 0. The van der Waals surface area contributed by atoms with Gasteiger partial charge in [0.2, 0.25) is 0 Å². The molecule has 0 saturated heterocycles. The molecule has 0 aromatic heterocycles. The van der Waals surface area contributed by atoms with Crippen LogP contribution in [0.4, 0.5) is 0 Å². The maximum Gasteiger partial charge on any atom is 0.316 e. The number of benzene rings is 1. The van der Waals surface area contributed by atoms with Gasteiger partial charge >= 0.3 is 5.97 Å². The molecule has 1 atom stereocenters. The summed E-state index contributed by atoms with van der Waals surface area (Å²) < 4.78 is 4.83. The van der Waals surface area contributed by atoms with Crippen molar-refractivity contribution in [1.82, 2.24) is 0 Å². The summed E-state index contributed by atoms with van der Waals surface area (Å²) in [6.45, 7) is 3.49. The Bertz CT molecular complexity index is 417. The summed E-state index contributed by atoms with van der Waals surface area (Å²) in [6, 6.07) is 8.12. The van der Waals surface area contributed by atoms with Crippen LogP contribution in [-0.4, -0.2) is 23.7 Å². The van der Waals surface area contributed by atoms with E-state index in [9.17, 15) is 9.59 Å². The van der Waals surface area contributed by atoms with Crippen LogP contribution in [0.2, 0.25) is 0 Å². The van der Waals surface area contributed by atoms with Crippen LogP contribution in [0.5, 0.6) is 0 Å². The fourth-order valence-corrected chi connectivity index (χ4v) is 1.99. The summed E-state index contributed by atoms with van der Waals surface area (Å²) >= 11 is 1.45. The number of rotatable bonds is 6. The lowest BCUT2D eigenvalue weighted by Gasteiger charge is -2.09. The summed E-state index contributed by atoms with van der Waals surface area (Å²) in [7, 11) is 0. The van der Waals surface area contributed by atoms with Gasteiger partial charge in [-0.2, -0.15) is 0 Å². The third-order valence-electron chi connectivity index (χ3n) is 2.32. The van der Waals surface area contributed by atoms with E-state index in [1.165, 1.54) is 24.2 Å². The van der Waals surface area contributed by atoms with Gasteiger partial charge in [-0.1, -0.05) is 29.8 Å². The molecule has 1 amide bonds. The molecule has 0 aliphatic carbocycles. The van der Waals surface area contributed by atoms with E-state index < -0.39 is 18.0 Å². The van der Waals surface area contributed by atoms with Gasteiger partial charge in [0.1, 0.15) is 0 Å². The Morgan fingerprint density at radius 3 is 2.50 bits per heavy atom. The standard InChI is InChI=1S/C13H17NO3S/c1-9-3-5-11(6-4-9)7-18-8-12(15)17-10(2)13(14)16/h3-6,10H,7-8H2,1-2H3,(H2,14,16)/t10-/m1/s1. The quantitative estimate of drug-likeness (QED) is 0.796. The highest BCUT2D eigenvalue weighted by atomic mass is 32.2. The third-order valence-corrected chi connectivity index (χ3v) is 3.30. The van der Waals surface area contributed by atoms with Gasteiger partial charge in [0.25, 0.3) is 5.91 Å². The van der Waals surface area contributed by atoms with Crippen LogP contribution in [0.1, 0.15) is 18.1 Å². The lowest BCUT2D eigenvalue weighted by Crippen LogP contribution is -2.31. The Kier molecular flexibility index (Phi) is 5.71. The molecule has 0 aliphatic heterocycles.